The maximum atomic E-state index is 13.1. The van der Waals surface area contributed by atoms with Crippen molar-refractivity contribution in [2.75, 3.05) is 0 Å². The molecule has 5 nitrogen and oxygen atoms in total. The molecule has 1 heterocycles. The third-order valence-corrected chi connectivity index (χ3v) is 3.98. The van der Waals surface area contributed by atoms with E-state index in [2.05, 4.69) is 10.3 Å². The molecule has 0 saturated heterocycles. The van der Waals surface area contributed by atoms with Crippen molar-refractivity contribution >= 4 is 28.9 Å². The minimum atomic E-state index is -1.37. The van der Waals surface area contributed by atoms with Crippen LogP contribution in [0.3, 0.4) is 0 Å². The summed E-state index contributed by atoms with van der Waals surface area (Å²) < 4.78 is 13.1. The number of carbonyl (C=O) groups is 2. The average Bonchev–Trinajstić information content (AvgIpc) is 3.02. The molecule has 1 atom stereocenters. The van der Waals surface area contributed by atoms with Gasteiger partial charge in [-0.2, -0.15) is 0 Å². The second-order valence-corrected chi connectivity index (χ2v) is 5.83. The topological polar surface area (TPSA) is 85.0 Å². The molecule has 2 N–H and O–H groups in total. The van der Waals surface area contributed by atoms with Gasteiger partial charge < -0.3 is 20.2 Å². The molecule has 27 heavy (non-hydrogen) atoms. The predicted molar refractivity (Wildman–Crippen MR) is 94.4 cm³/mol. The summed E-state index contributed by atoms with van der Waals surface area (Å²) >= 11 is 0. The first-order valence-corrected chi connectivity index (χ1v) is 8.03. The molecular weight excluding hydrogens is 358 g/mol. The van der Waals surface area contributed by atoms with E-state index in [4.69, 9.17) is 0 Å². The Bertz CT molecular complexity index is 984. The van der Waals surface area contributed by atoms with Crippen LogP contribution in [0.25, 0.3) is 17.0 Å². The molecule has 0 fully saturated rings. The van der Waals surface area contributed by atoms with Crippen molar-refractivity contribution in [3.63, 3.8) is 0 Å². The number of amides is 1. The van der Waals surface area contributed by atoms with Crippen molar-refractivity contribution in [3.8, 4) is 0 Å². The molecule has 3 rings (SSSR count). The van der Waals surface area contributed by atoms with Crippen LogP contribution >= 0.6 is 0 Å². The standard InChI is InChI=1S/C20H17FN2O3.Na/c21-15-5-3-4-13(10-15)8-9-19(24)23-18(20(25)26)11-14-12-22-17-7-2-1-6-16(14)17;/h1-10,12,18,22H,11H2,(H,23,24)(H,25,26);/q;+1/p-1/t18-;/m0./s1. The Morgan fingerprint density at radius 1 is 1.19 bits per heavy atom. The molecule has 132 valence electrons. The Morgan fingerprint density at radius 3 is 2.70 bits per heavy atom. The number of H-pyrrole nitrogens is 1. The summed E-state index contributed by atoms with van der Waals surface area (Å²) in [5.41, 5.74) is 2.16. The fourth-order valence-corrected chi connectivity index (χ4v) is 2.72. The molecule has 7 heteroatoms. The van der Waals surface area contributed by atoms with E-state index in [-0.39, 0.29) is 36.0 Å². The Hall–Kier alpha value is -2.41. The summed E-state index contributed by atoms with van der Waals surface area (Å²) in [7, 11) is 0. The van der Waals surface area contributed by atoms with Gasteiger partial charge in [-0.3, -0.25) is 4.79 Å². The number of rotatable bonds is 6. The van der Waals surface area contributed by atoms with Crippen LogP contribution in [0.1, 0.15) is 11.1 Å². The molecule has 1 amide bonds. The number of para-hydroxylation sites is 1. The Kier molecular flexibility index (Phi) is 7.36. The number of benzene rings is 2. The van der Waals surface area contributed by atoms with E-state index >= 15 is 0 Å². The van der Waals surface area contributed by atoms with Crippen molar-refractivity contribution in [2.45, 2.75) is 12.5 Å². The second kappa shape index (κ2) is 9.50. The third-order valence-electron chi connectivity index (χ3n) is 3.98. The van der Waals surface area contributed by atoms with Gasteiger partial charge in [-0.15, -0.1) is 0 Å². The van der Waals surface area contributed by atoms with Gasteiger partial charge in [0.15, 0.2) is 0 Å². The van der Waals surface area contributed by atoms with Crippen LogP contribution in [0.4, 0.5) is 4.39 Å². The average molecular weight is 374 g/mol. The zero-order valence-electron chi connectivity index (χ0n) is 14.7. The number of aromatic amines is 1. The van der Waals surface area contributed by atoms with E-state index < -0.39 is 23.7 Å². The third kappa shape index (κ3) is 5.53. The van der Waals surface area contributed by atoms with Gasteiger partial charge in [0.2, 0.25) is 5.91 Å². The second-order valence-electron chi connectivity index (χ2n) is 5.83. The molecule has 0 unspecified atom stereocenters. The van der Waals surface area contributed by atoms with Crippen LogP contribution in [-0.2, 0) is 16.0 Å². The van der Waals surface area contributed by atoms with Gasteiger partial charge in [-0.25, -0.2) is 4.39 Å². The van der Waals surface area contributed by atoms with E-state index in [0.717, 1.165) is 16.5 Å². The van der Waals surface area contributed by atoms with E-state index in [1.165, 1.54) is 30.4 Å². The molecular formula is C20H16FN2NaO3. The number of halogens is 1. The van der Waals surface area contributed by atoms with Crippen LogP contribution in [0.5, 0.6) is 0 Å². The number of hydrogen-bond donors (Lipinski definition) is 2. The number of fused-ring (bicyclic) bond motifs is 1. The van der Waals surface area contributed by atoms with Gasteiger partial charge in [0.25, 0.3) is 0 Å². The van der Waals surface area contributed by atoms with Crippen molar-refractivity contribution in [3.05, 3.63) is 77.7 Å². The molecule has 0 aliphatic rings. The minimum Gasteiger partial charge on any atom is -0.548 e. The number of hydrogen-bond acceptors (Lipinski definition) is 3. The molecule has 0 radical (unpaired) electrons. The van der Waals surface area contributed by atoms with Crippen LogP contribution < -0.4 is 40.0 Å². The zero-order valence-corrected chi connectivity index (χ0v) is 16.7. The number of carbonyl (C=O) groups excluding carboxylic acids is 2. The molecule has 3 aromatic rings. The summed E-state index contributed by atoms with van der Waals surface area (Å²) in [6, 6.07) is 12.0. The number of carboxylic acid groups (broad SMARTS) is 1. The van der Waals surface area contributed by atoms with E-state index in [1.54, 1.807) is 12.3 Å². The Morgan fingerprint density at radius 2 is 1.96 bits per heavy atom. The maximum absolute atomic E-state index is 13.1. The first kappa shape index (κ1) is 20.9. The molecule has 1 aromatic heterocycles. The smallest absolute Gasteiger partial charge is 0.548 e. The molecule has 0 aliphatic heterocycles. The fraction of sp³-hybridized carbons (Fsp3) is 0.100. The monoisotopic (exact) mass is 374 g/mol. The van der Waals surface area contributed by atoms with Gasteiger partial charge in [-0.1, -0.05) is 30.3 Å². The van der Waals surface area contributed by atoms with Gasteiger partial charge in [0, 0.05) is 29.6 Å². The Labute approximate surface area is 177 Å². The largest absolute Gasteiger partial charge is 1.00 e. The van der Waals surface area contributed by atoms with Gasteiger partial charge in [-0.05, 0) is 35.4 Å². The van der Waals surface area contributed by atoms with Gasteiger partial charge in [0.05, 0.1) is 12.0 Å². The van der Waals surface area contributed by atoms with Crippen LogP contribution in [0.15, 0.2) is 60.8 Å². The van der Waals surface area contributed by atoms with Crippen molar-refractivity contribution in [1.29, 1.82) is 0 Å². The first-order valence-electron chi connectivity index (χ1n) is 8.03. The Balaban J connectivity index is 0.00000261. The van der Waals surface area contributed by atoms with E-state index in [9.17, 15) is 19.1 Å². The minimum absolute atomic E-state index is 0. The number of aliphatic carboxylic acids is 1. The summed E-state index contributed by atoms with van der Waals surface area (Å²) in [4.78, 5) is 26.5. The normalized spacial score (nSPS) is 11.9. The summed E-state index contributed by atoms with van der Waals surface area (Å²) in [5, 5.41) is 14.7. The predicted octanol–water partition coefficient (Wildman–Crippen LogP) is -1.20. The molecule has 0 bridgehead atoms. The van der Waals surface area contributed by atoms with E-state index in [0.29, 0.717) is 5.56 Å². The molecule has 2 aromatic carbocycles. The summed E-state index contributed by atoms with van der Waals surface area (Å²) in [6.45, 7) is 0. The van der Waals surface area contributed by atoms with Crippen LogP contribution in [0.2, 0.25) is 0 Å². The quantitative estimate of drug-likeness (QED) is 0.420. The summed E-state index contributed by atoms with van der Waals surface area (Å²) in [6.07, 6.45) is 4.39. The van der Waals surface area contributed by atoms with Gasteiger partial charge >= 0.3 is 29.6 Å². The summed E-state index contributed by atoms with van der Waals surface area (Å²) in [5.74, 6) is -2.38. The maximum Gasteiger partial charge on any atom is 1.00 e. The first-order chi connectivity index (χ1) is 12.5. The fourth-order valence-electron chi connectivity index (χ4n) is 2.72. The zero-order chi connectivity index (χ0) is 18.5. The SMILES string of the molecule is O=C(C=Cc1cccc(F)c1)N[C@@H](Cc1c[nH]c2ccccc12)C(=O)[O-].[Na+]. The van der Waals surface area contributed by atoms with Crippen LogP contribution in [0, 0.1) is 5.82 Å². The number of aromatic nitrogens is 1. The molecule has 0 saturated carbocycles. The van der Waals surface area contributed by atoms with Crippen molar-refractivity contribution in [1.82, 2.24) is 10.3 Å². The molecule has 0 spiro atoms. The van der Waals surface area contributed by atoms with Crippen LogP contribution in [-0.4, -0.2) is 22.9 Å². The van der Waals surface area contributed by atoms with Gasteiger partial charge in [0.1, 0.15) is 5.82 Å². The number of nitrogens with one attached hydrogen (secondary N) is 2. The number of carboxylic acids is 1. The molecule has 0 aliphatic carbocycles. The van der Waals surface area contributed by atoms with Crippen molar-refractivity contribution < 1.29 is 48.6 Å². The van der Waals surface area contributed by atoms with E-state index in [1.807, 2.05) is 24.3 Å². The van der Waals surface area contributed by atoms with Crippen molar-refractivity contribution in [2.24, 2.45) is 0 Å².